The van der Waals surface area contributed by atoms with Gasteiger partial charge in [0.2, 0.25) is 0 Å². The van der Waals surface area contributed by atoms with Crippen LogP contribution in [0.15, 0.2) is 0 Å². The summed E-state index contributed by atoms with van der Waals surface area (Å²) >= 11 is 2.21. The van der Waals surface area contributed by atoms with Gasteiger partial charge in [0.1, 0.15) is 0 Å². The van der Waals surface area contributed by atoms with Gasteiger partial charge in [0.05, 0.1) is 0 Å². The molecular formula is C15H30N2S. The van der Waals surface area contributed by atoms with E-state index in [1.807, 2.05) is 0 Å². The summed E-state index contributed by atoms with van der Waals surface area (Å²) in [5.41, 5.74) is 0. The lowest BCUT2D eigenvalue weighted by atomic mass is 9.86. The second-order valence-corrected chi connectivity index (χ2v) is 7.78. The SMILES string of the molecule is CC1CC(C)C(C)N(CCSC2CCNCC2)C1. The molecule has 0 aliphatic carbocycles. The summed E-state index contributed by atoms with van der Waals surface area (Å²) in [7, 11) is 0. The van der Waals surface area contributed by atoms with Crippen LogP contribution in [0.25, 0.3) is 0 Å². The number of hydrogen-bond acceptors (Lipinski definition) is 3. The van der Waals surface area contributed by atoms with Crippen LogP contribution >= 0.6 is 11.8 Å². The summed E-state index contributed by atoms with van der Waals surface area (Å²) in [6.07, 6.45) is 4.15. The Bertz CT molecular complexity index is 241. The Morgan fingerprint density at radius 3 is 2.61 bits per heavy atom. The van der Waals surface area contributed by atoms with Gasteiger partial charge in [0, 0.05) is 30.1 Å². The van der Waals surface area contributed by atoms with Crippen LogP contribution in [0.3, 0.4) is 0 Å². The molecule has 0 aromatic rings. The van der Waals surface area contributed by atoms with E-state index in [1.54, 1.807) is 0 Å². The lowest BCUT2D eigenvalue weighted by Crippen LogP contribution is -2.46. The number of nitrogens with one attached hydrogen (secondary N) is 1. The van der Waals surface area contributed by atoms with E-state index in [4.69, 9.17) is 0 Å². The van der Waals surface area contributed by atoms with Crippen molar-refractivity contribution in [2.45, 2.75) is 51.3 Å². The van der Waals surface area contributed by atoms with Crippen molar-refractivity contribution in [3.8, 4) is 0 Å². The fourth-order valence-electron chi connectivity index (χ4n) is 3.43. The van der Waals surface area contributed by atoms with Crippen LogP contribution in [-0.2, 0) is 0 Å². The molecule has 3 unspecified atom stereocenters. The maximum Gasteiger partial charge on any atom is 0.00931 e. The van der Waals surface area contributed by atoms with Gasteiger partial charge in [-0.3, -0.25) is 4.90 Å². The molecule has 106 valence electrons. The van der Waals surface area contributed by atoms with E-state index in [9.17, 15) is 0 Å². The number of likely N-dealkylation sites (tertiary alicyclic amines) is 1. The van der Waals surface area contributed by atoms with E-state index in [0.717, 1.165) is 23.1 Å². The maximum atomic E-state index is 3.45. The fourth-order valence-corrected chi connectivity index (χ4v) is 4.67. The van der Waals surface area contributed by atoms with Gasteiger partial charge in [-0.1, -0.05) is 13.8 Å². The molecule has 1 N–H and O–H groups in total. The Kier molecular flexibility index (Phi) is 5.84. The molecular weight excluding hydrogens is 240 g/mol. The van der Waals surface area contributed by atoms with Gasteiger partial charge in [0.15, 0.2) is 0 Å². The first-order valence-corrected chi connectivity index (χ1v) is 8.78. The Balaban J connectivity index is 1.68. The largest absolute Gasteiger partial charge is 0.317 e. The van der Waals surface area contributed by atoms with Crippen molar-refractivity contribution < 1.29 is 0 Å². The maximum absolute atomic E-state index is 3.45. The fraction of sp³-hybridized carbons (Fsp3) is 1.00. The highest BCUT2D eigenvalue weighted by molar-refractivity contribution is 7.99. The van der Waals surface area contributed by atoms with Crippen LogP contribution in [0.4, 0.5) is 0 Å². The van der Waals surface area contributed by atoms with E-state index in [1.165, 1.54) is 51.2 Å². The zero-order valence-electron chi connectivity index (χ0n) is 12.3. The van der Waals surface area contributed by atoms with Crippen molar-refractivity contribution in [2.75, 3.05) is 31.9 Å². The van der Waals surface area contributed by atoms with E-state index >= 15 is 0 Å². The first-order valence-electron chi connectivity index (χ1n) is 7.73. The standard InChI is InChI=1S/C15H30N2S/c1-12-10-13(2)14(3)17(11-12)8-9-18-15-4-6-16-7-5-15/h12-16H,4-11H2,1-3H3. The number of hydrogen-bond donors (Lipinski definition) is 1. The molecule has 2 saturated heterocycles. The van der Waals surface area contributed by atoms with Crippen molar-refractivity contribution in [3.63, 3.8) is 0 Å². The molecule has 0 radical (unpaired) electrons. The van der Waals surface area contributed by atoms with E-state index < -0.39 is 0 Å². The number of thioether (sulfide) groups is 1. The molecule has 2 aliphatic heterocycles. The first-order chi connectivity index (χ1) is 8.66. The van der Waals surface area contributed by atoms with Crippen molar-refractivity contribution in [2.24, 2.45) is 11.8 Å². The van der Waals surface area contributed by atoms with Crippen LogP contribution in [0, 0.1) is 11.8 Å². The third-order valence-electron chi connectivity index (χ3n) is 4.74. The third kappa shape index (κ3) is 4.14. The van der Waals surface area contributed by atoms with Crippen LogP contribution in [-0.4, -0.2) is 48.1 Å². The second kappa shape index (κ2) is 7.16. The molecule has 3 heteroatoms. The van der Waals surface area contributed by atoms with Crippen molar-refractivity contribution in [1.82, 2.24) is 10.2 Å². The van der Waals surface area contributed by atoms with E-state index in [-0.39, 0.29) is 0 Å². The van der Waals surface area contributed by atoms with Crippen LogP contribution < -0.4 is 5.32 Å². The Morgan fingerprint density at radius 1 is 1.17 bits per heavy atom. The third-order valence-corrected chi connectivity index (χ3v) is 6.10. The van der Waals surface area contributed by atoms with Gasteiger partial charge in [-0.15, -0.1) is 0 Å². The molecule has 2 aliphatic rings. The minimum absolute atomic E-state index is 0.787. The highest BCUT2D eigenvalue weighted by atomic mass is 32.2. The highest BCUT2D eigenvalue weighted by Crippen LogP contribution is 2.27. The summed E-state index contributed by atoms with van der Waals surface area (Å²) < 4.78 is 0. The van der Waals surface area contributed by atoms with E-state index in [0.29, 0.717) is 0 Å². The van der Waals surface area contributed by atoms with Gasteiger partial charge in [-0.05, 0) is 51.1 Å². The lowest BCUT2D eigenvalue weighted by Gasteiger charge is -2.41. The molecule has 2 heterocycles. The molecule has 2 rings (SSSR count). The van der Waals surface area contributed by atoms with Crippen molar-refractivity contribution in [3.05, 3.63) is 0 Å². The number of nitrogens with zero attached hydrogens (tertiary/aromatic N) is 1. The minimum Gasteiger partial charge on any atom is -0.317 e. The average Bonchev–Trinajstić information content (AvgIpc) is 2.36. The first kappa shape index (κ1) is 14.7. The quantitative estimate of drug-likeness (QED) is 0.846. The molecule has 2 fully saturated rings. The van der Waals surface area contributed by atoms with Crippen LogP contribution in [0.2, 0.25) is 0 Å². The van der Waals surface area contributed by atoms with Gasteiger partial charge in [0.25, 0.3) is 0 Å². The lowest BCUT2D eigenvalue weighted by molar-refractivity contribution is 0.0864. The number of piperidine rings is 2. The summed E-state index contributed by atoms with van der Waals surface area (Å²) in [5.74, 6) is 3.09. The second-order valence-electron chi connectivity index (χ2n) is 6.37. The van der Waals surface area contributed by atoms with Crippen LogP contribution in [0.5, 0.6) is 0 Å². The molecule has 0 aromatic carbocycles. The molecule has 3 atom stereocenters. The predicted molar refractivity (Wildman–Crippen MR) is 82.3 cm³/mol. The molecule has 0 saturated carbocycles. The monoisotopic (exact) mass is 270 g/mol. The molecule has 0 bridgehead atoms. The summed E-state index contributed by atoms with van der Waals surface area (Å²) in [4.78, 5) is 2.73. The minimum atomic E-state index is 0.787. The summed E-state index contributed by atoms with van der Waals surface area (Å²) in [6, 6.07) is 0.787. The molecule has 18 heavy (non-hydrogen) atoms. The van der Waals surface area contributed by atoms with Crippen molar-refractivity contribution in [1.29, 1.82) is 0 Å². The van der Waals surface area contributed by atoms with Gasteiger partial charge in [-0.2, -0.15) is 11.8 Å². The van der Waals surface area contributed by atoms with Crippen molar-refractivity contribution >= 4 is 11.8 Å². The normalized spacial score (nSPS) is 35.8. The van der Waals surface area contributed by atoms with E-state index in [2.05, 4.69) is 42.7 Å². The zero-order chi connectivity index (χ0) is 13.0. The number of rotatable bonds is 4. The average molecular weight is 270 g/mol. The zero-order valence-corrected chi connectivity index (χ0v) is 13.1. The molecule has 0 aromatic heterocycles. The van der Waals surface area contributed by atoms with Gasteiger partial charge < -0.3 is 5.32 Å². The Morgan fingerprint density at radius 2 is 1.89 bits per heavy atom. The van der Waals surface area contributed by atoms with Gasteiger partial charge in [-0.25, -0.2) is 0 Å². The topological polar surface area (TPSA) is 15.3 Å². The Hall–Kier alpha value is 0.270. The smallest absolute Gasteiger partial charge is 0.00931 e. The molecule has 0 spiro atoms. The summed E-state index contributed by atoms with van der Waals surface area (Å²) in [6.45, 7) is 12.3. The van der Waals surface area contributed by atoms with Gasteiger partial charge >= 0.3 is 0 Å². The highest BCUT2D eigenvalue weighted by Gasteiger charge is 2.28. The molecule has 2 nitrogen and oxygen atoms in total. The van der Waals surface area contributed by atoms with Crippen LogP contribution in [0.1, 0.15) is 40.0 Å². The predicted octanol–water partition coefficient (Wildman–Crippen LogP) is 2.84. The summed E-state index contributed by atoms with van der Waals surface area (Å²) in [5, 5.41) is 4.37. The molecule has 0 amide bonds. The Labute approximate surface area is 117 Å².